The Labute approximate surface area is 53.4 Å². The van der Waals surface area contributed by atoms with Gasteiger partial charge in [-0.25, -0.2) is 4.79 Å². The fourth-order valence-corrected chi connectivity index (χ4v) is 0.884. The van der Waals surface area contributed by atoms with Crippen molar-refractivity contribution in [1.29, 1.82) is 0 Å². The van der Waals surface area contributed by atoms with Crippen molar-refractivity contribution >= 4 is 5.94 Å². The van der Waals surface area contributed by atoms with Crippen LogP contribution in [0.3, 0.4) is 0 Å². The van der Waals surface area contributed by atoms with Crippen LogP contribution in [0.2, 0.25) is 0 Å². The first-order valence-corrected chi connectivity index (χ1v) is 3.00. The van der Waals surface area contributed by atoms with Crippen LogP contribution in [0.25, 0.3) is 0 Å². The second-order valence-corrected chi connectivity index (χ2v) is 2.09. The Morgan fingerprint density at radius 2 is 2.56 bits per heavy atom. The van der Waals surface area contributed by atoms with E-state index in [-0.39, 0.29) is 0 Å². The lowest BCUT2D eigenvalue weighted by Gasteiger charge is -2.18. The van der Waals surface area contributed by atoms with Gasteiger partial charge in [0.2, 0.25) is 0 Å². The molecule has 1 aliphatic rings. The summed E-state index contributed by atoms with van der Waals surface area (Å²) in [6, 6.07) is 0. The maximum atomic E-state index is 10.0. The summed E-state index contributed by atoms with van der Waals surface area (Å²) in [6.45, 7) is 0.784. The molecule has 2 N–H and O–H groups in total. The Bertz CT molecular complexity index is 149. The molecule has 1 fully saturated rings. The molecule has 0 amide bonds. The third-order valence-corrected chi connectivity index (χ3v) is 1.42. The molecule has 1 aliphatic heterocycles. The molecule has 1 heterocycles. The fraction of sp³-hybridized carbons (Fsp3) is 0.667. The standard InChI is InChI=1S/C6H9NO2/c8-4-5-2-1-3-7-6(5)9/h6-7,9H,1-3H2. The molecule has 0 radical (unpaired) electrons. The van der Waals surface area contributed by atoms with E-state index in [0.29, 0.717) is 12.0 Å². The molecule has 0 saturated carbocycles. The predicted octanol–water partition coefficient (Wildman–Crippen LogP) is -0.554. The molecule has 0 aromatic carbocycles. The van der Waals surface area contributed by atoms with E-state index in [1.165, 1.54) is 0 Å². The molecule has 3 nitrogen and oxygen atoms in total. The van der Waals surface area contributed by atoms with Gasteiger partial charge in [-0.2, -0.15) is 0 Å². The highest BCUT2D eigenvalue weighted by Crippen LogP contribution is 2.08. The van der Waals surface area contributed by atoms with E-state index < -0.39 is 6.23 Å². The van der Waals surface area contributed by atoms with E-state index in [9.17, 15) is 4.79 Å². The van der Waals surface area contributed by atoms with Crippen LogP contribution in [0.15, 0.2) is 5.57 Å². The summed E-state index contributed by atoms with van der Waals surface area (Å²) in [5.41, 5.74) is 0.446. The molecule has 50 valence electrons. The van der Waals surface area contributed by atoms with Crippen LogP contribution in [0, 0.1) is 0 Å². The Morgan fingerprint density at radius 1 is 1.78 bits per heavy atom. The fourth-order valence-electron chi connectivity index (χ4n) is 0.884. The van der Waals surface area contributed by atoms with Gasteiger partial charge >= 0.3 is 0 Å². The van der Waals surface area contributed by atoms with Gasteiger partial charge in [-0.05, 0) is 19.4 Å². The summed E-state index contributed by atoms with van der Waals surface area (Å²) in [4.78, 5) is 10.0. The first-order chi connectivity index (χ1) is 4.34. The molecule has 3 heteroatoms. The van der Waals surface area contributed by atoms with Gasteiger partial charge in [0, 0.05) is 0 Å². The van der Waals surface area contributed by atoms with Gasteiger partial charge in [0.1, 0.15) is 12.2 Å². The highest BCUT2D eigenvalue weighted by atomic mass is 16.3. The van der Waals surface area contributed by atoms with Gasteiger partial charge in [0.25, 0.3) is 0 Å². The number of piperidine rings is 1. The minimum absolute atomic E-state index is 0.446. The molecule has 0 aromatic heterocycles. The van der Waals surface area contributed by atoms with E-state index in [1.807, 2.05) is 0 Å². The van der Waals surface area contributed by atoms with Crippen LogP contribution in [0.4, 0.5) is 0 Å². The maximum Gasteiger partial charge on any atom is 0.137 e. The summed E-state index contributed by atoms with van der Waals surface area (Å²) in [5.74, 6) is 1.71. The van der Waals surface area contributed by atoms with Crippen molar-refractivity contribution in [2.24, 2.45) is 0 Å². The first-order valence-electron chi connectivity index (χ1n) is 3.00. The van der Waals surface area contributed by atoms with Crippen molar-refractivity contribution in [3.63, 3.8) is 0 Å². The lowest BCUT2D eigenvalue weighted by Crippen LogP contribution is -2.35. The van der Waals surface area contributed by atoms with E-state index in [0.717, 1.165) is 13.0 Å². The van der Waals surface area contributed by atoms with Gasteiger partial charge < -0.3 is 5.11 Å². The molecule has 0 spiro atoms. The third-order valence-electron chi connectivity index (χ3n) is 1.42. The summed E-state index contributed by atoms with van der Waals surface area (Å²) in [5, 5.41) is 11.7. The molecule has 0 bridgehead atoms. The number of carbonyl (C=O) groups excluding carboxylic acids is 1. The number of rotatable bonds is 0. The van der Waals surface area contributed by atoms with E-state index in [4.69, 9.17) is 5.11 Å². The summed E-state index contributed by atoms with van der Waals surface area (Å²) < 4.78 is 0. The molecule has 0 aliphatic carbocycles. The molecule has 0 aromatic rings. The highest BCUT2D eigenvalue weighted by Gasteiger charge is 2.14. The Morgan fingerprint density at radius 3 is 3.00 bits per heavy atom. The Balaban J connectivity index is 2.59. The van der Waals surface area contributed by atoms with Crippen LogP contribution in [-0.4, -0.2) is 23.8 Å². The van der Waals surface area contributed by atoms with Crippen LogP contribution < -0.4 is 5.32 Å². The number of aliphatic hydroxyl groups is 1. The van der Waals surface area contributed by atoms with Gasteiger partial charge in [0.15, 0.2) is 0 Å². The second kappa shape index (κ2) is 2.78. The van der Waals surface area contributed by atoms with Crippen molar-refractivity contribution in [3.8, 4) is 0 Å². The maximum absolute atomic E-state index is 10.0. The van der Waals surface area contributed by atoms with Crippen LogP contribution >= 0.6 is 0 Å². The zero-order valence-corrected chi connectivity index (χ0v) is 5.05. The smallest absolute Gasteiger partial charge is 0.137 e. The molecule has 1 unspecified atom stereocenters. The van der Waals surface area contributed by atoms with Gasteiger partial charge in [-0.15, -0.1) is 0 Å². The van der Waals surface area contributed by atoms with Crippen LogP contribution in [0.5, 0.6) is 0 Å². The zero-order valence-electron chi connectivity index (χ0n) is 5.05. The molecule has 1 atom stereocenters. The van der Waals surface area contributed by atoms with Crippen molar-refractivity contribution in [2.75, 3.05) is 6.54 Å². The van der Waals surface area contributed by atoms with E-state index in [2.05, 4.69) is 5.32 Å². The summed E-state index contributed by atoms with van der Waals surface area (Å²) in [6.07, 6.45) is 0.857. The van der Waals surface area contributed by atoms with Crippen molar-refractivity contribution < 1.29 is 9.90 Å². The van der Waals surface area contributed by atoms with E-state index >= 15 is 0 Å². The van der Waals surface area contributed by atoms with Crippen LogP contribution in [-0.2, 0) is 4.79 Å². The lowest BCUT2D eigenvalue weighted by atomic mass is 10.1. The molecule has 1 rings (SSSR count). The second-order valence-electron chi connectivity index (χ2n) is 2.09. The first kappa shape index (κ1) is 6.49. The highest BCUT2D eigenvalue weighted by molar-refractivity contribution is 5.53. The monoisotopic (exact) mass is 127 g/mol. The minimum atomic E-state index is -0.740. The van der Waals surface area contributed by atoms with Gasteiger partial charge in [-0.3, -0.25) is 5.32 Å². The molecular formula is C6H9NO2. The lowest BCUT2D eigenvalue weighted by molar-refractivity contribution is 0.157. The number of hydrogen-bond donors (Lipinski definition) is 2. The van der Waals surface area contributed by atoms with Gasteiger partial charge in [0.05, 0.1) is 5.57 Å². The normalized spacial score (nSPS) is 27.7. The summed E-state index contributed by atoms with van der Waals surface area (Å²) >= 11 is 0. The average Bonchev–Trinajstić information content (AvgIpc) is 1.89. The quantitative estimate of drug-likeness (QED) is 0.429. The SMILES string of the molecule is O=C=C1CCCNC1O. The van der Waals surface area contributed by atoms with Crippen molar-refractivity contribution in [2.45, 2.75) is 19.1 Å². The zero-order chi connectivity index (χ0) is 6.69. The number of hydrogen-bond acceptors (Lipinski definition) is 3. The topological polar surface area (TPSA) is 49.3 Å². The van der Waals surface area contributed by atoms with Crippen molar-refractivity contribution in [3.05, 3.63) is 5.57 Å². The third kappa shape index (κ3) is 1.39. The minimum Gasteiger partial charge on any atom is -0.374 e. The van der Waals surface area contributed by atoms with Crippen molar-refractivity contribution in [1.82, 2.24) is 5.32 Å². The predicted molar refractivity (Wildman–Crippen MR) is 32.4 cm³/mol. The van der Waals surface area contributed by atoms with Gasteiger partial charge in [-0.1, -0.05) is 0 Å². The largest absolute Gasteiger partial charge is 0.374 e. The van der Waals surface area contributed by atoms with E-state index in [1.54, 1.807) is 5.94 Å². The average molecular weight is 127 g/mol. The Kier molecular flexibility index (Phi) is 2.01. The summed E-state index contributed by atoms with van der Waals surface area (Å²) in [7, 11) is 0. The number of aliphatic hydroxyl groups excluding tert-OH is 1. The number of nitrogens with one attached hydrogen (secondary N) is 1. The Hall–Kier alpha value is -0.630. The molecule has 9 heavy (non-hydrogen) atoms. The van der Waals surface area contributed by atoms with Crippen LogP contribution in [0.1, 0.15) is 12.8 Å². The molecule has 1 saturated heterocycles. The molecular weight excluding hydrogens is 118 g/mol.